The third-order valence-corrected chi connectivity index (χ3v) is 4.37. The number of aromatic nitrogens is 3. The molecular formula is C17H15FN4. The van der Waals surface area contributed by atoms with Crippen molar-refractivity contribution >= 4 is 16.9 Å². The SMILES string of the molecule is Nc1nc(C2(c3ccccn3)CC(F)C2)c2ccccc2n1. The van der Waals surface area contributed by atoms with Crippen molar-refractivity contribution in [3.63, 3.8) is 0 Å². The number of nitrogen functional groups attached to an aromatic ring is 1. The number of halogens is 1. The van der Waals surface area contributed by atoms with E-state index in [1.54, 1.807) is 6.20 Å². The fraction of sp³-hybridized carbons (Fsp3) is 0.235. The van der Waals surface area contributed by atoms with E-state index in [4.69, 9.17) is 5.73 Å². The molecule has 2 aromatic heterocycles. The molecule has 0 radical (unpaired) electrons. The number of fused-ring (bicyclic) bond motifs is 1. The Hall–Kier alpha value is -2.56. The zero-order valence-corrected chi connectivity index (χ0v) is 11.9. The van der Waals surface area contributed by atoms with Crippen LogP contribution in [0.25, 0.3) is 10.9 Å². The third kappa shape index (κ3) is 1.85. The molecule has 0 bridgehead atoms. The van der Waals surface area contributed by atoms with Crippen LogP contribution in [0.2, 0.25) is 0 Å². The van der Waals surface area contributed by atoms with Crippen molar-refractivity contribution in [3.05, 3.63) is 60.0 Å². The molecule has 22 heavy (non-hydrogen) atoms. The highest BCUT2D eigenvalue weighted by molar-refractivity contribution is 5.83. The van der Waals surface area contributed by atoms with Crippen molar-refractivity contribution in [2.24, 2.45) is 0 Å². The first-order valence-corrected chi connectivity index (χ1v) is 7.27. The summed E-state index contributed by atoms with van der Waals surface area (Å²) in [7, 11) is 0. The van der Waals surface area contributed by atoms with Crippen molar-refractivity contribution in [1.29, 1.82) is 0 Å². The number of anilines is 1. The van der Waals surface area contributed by atoms with Crippen LogP contribution in [-0.4, -0.2) is 21.1 Å². The Morgan fingerprint density at radius 3 is 2.55 bits per heavy atom. The lowest BCUT2D eigenvalue weighted by Crippen LogP contribution is -2.45. The van der Waals surface area contributed by atoms with Gasteiger partial charge in [0.25, 0.3) is 0 Å². The van der Waals surface area contributed by atoms with Crippen LogP contribution in [0, 0.1) is 0 Å². The van der Waals surface area contributed by atoms with Crippen LogP contribution >= 0.6 is 0 Å². The Morgan fingerprint density at radius 2 is 1.82 bits per heavy atom. The van der Waals surface area contributed by atoms with E-state index in [1.807, 2.05) is 42.5 Å². The van der Waals surface area contributed by atoms with Crippen LogP contribution < -0.4 is 5.73 Å². The molecule has 0 aliphatic heterocycles. The van der Waals surface area contributed by atoms with E-state index in [0.717, 1.165) is 22.3 Å². The molecule has 4 nitrogen and oxygen atoms in total. The molecule has 4 rings (SSSR count). The van der Waals surface area contributed by atoms with Gasteiger partial charge in [-0.3, -0.25) is 4.98 Å². The average Bonchev–Trinajstić information content (AvgIpc) is 2.51. The Kier molecular flexibility index (Phi) is 2.82. The summed E-state index contributed by atoms with van der Waals surface area (Å²) < 4.78 is 13.8. The van der Waals surface area contributed by atoms with Crippen LogP contribution in [-0.2, 0) is 5.41 Å². The fourth-order valence-corrected chi connectivity index (χ4v) is 3.33. The number of alkyl halides is 1. The molecule has 0 unspecified atom stereocenters. The van der Waals surface area contributed by atoms with Gasteiger partial charge in [-0.05, 0) is 31.0 Å². The van der Waals surface area contributed by atoms with Crippen molar-refractivity contribution in [2.45, 2.75) is 24.4 Å². The summed E-state index contributed by atoms with van der Waals surface area (Å²) in [4.78, 5) is 13.2. The highest BCUT2D eigenvalue weighted by Crippen LogP contribution is 2.50. The van der Waals surface area contributed by atoms with Gasteiger partial charge in [0.05, 0.1) is 22.3 Å². The van der Waals surface area contributed by atoms with Gasteiger partial charge in [-0.1, -0.05) is 24.3 Å². The first-order chi connectivity index (χ1) is 10.7. The topological polar surface area (TPSA) is 64.7 Å². The normalized spacial score (nSPS) is 24.1. The first kappa shape index (κ1) is 13.1. The second kappa shape index (κ2) is 4.73. The molecule has 0 spiro atoms. The minimum Gasteiger partial charge on any atom is -0.368 e. The van der Waals surface area contributed by atoms with Crippen molar-refractivity contribution in [3.8, 4) is 0 Å². The molecule has 0 atom stereocenters. The summed E-state index contributed by atoms with van der Waals surface area (Å²) in [5.74, 6) is 0.214. The largest absolute Gasteiger partial charge is 0.368 e. The van der Waals surface area contributed by atoms with Crippen LogP contribution in [0.15, 0.2) is 48.7 Å². The number of rotatable bonds is 2. The molecule has 110 valence electrons. The molecule has 0 amide bonds. The van der Waals surface area contributed by atoms with E-state index in [2.05, 4.69) is 15.0 Å². The van der Waals surface area contributed by atoms with E-state index < -0.39 is 11.6 Å². The zero-order valence-electron chi connectivity index (χ0n) is 11.9. The van der Waals surface area contributed by atoms with Gasteiger partial charge in [-0.25, -0.2) is 14.4 Å². The quantitative estimate of drug-likeness (QED) is 0.789. The molecule has 2 N–H and O–H groups in total. The average molecular weight is 294 g/mol. The Bertz CT molecular complexity index is 828. The molecule has 1 aliphatic rings. The summed E-state index contributed by atoms with van der Waals surface area (Å²) in [6, 6.07) is 13.4. The summed E-state index contributed by atoms with van der Waals surface area (Å²) >= 11 is 0. The summed E-state index contributed by atoms with van der Waals surface area (Å²) in [5, 5.41) is 0.911. The molecule has 3 aromatic rings. The number of benzene rings is 1. The van der Waals surface area contributed by atoms with Crippen LogP contribution in [0.1, 0.15) is 24.2 Å². The molecule has 2 heterocycles. The Morgan fingerprint density at radius 1 is 1.05 bits per heavy atom. The second-order valence-electron chi connectivity index (χ2n) is 5.75. The predicted octanol–water partition coefficient (Wildman–Crippen LogP) is 3.03. The van der Waals surface area contributed by atoms with Gasteiger partial charge in [-0.15, -0.1) is 0 Å². The van der Waals surface area contributed by atoms with E-state index in [1.165, 1.54) is 0 Å². The van der Waals surface area contributed by atoms with E-state index in [9.17, 15) is 4.39 Å². The molecule has 1 saturated carbocycles. The van der Waals surface area contributed by atoms with Crippen molar-refractivity contribution < 1.29 is 4.39 Å². The van der Waals surface area contributed by atoms with Crippen molar-refractivity contribution in [2.75, 3.05) is 5.73 Å². The third-order valence-electron chi connectivity index (χ3n) is 4.37. The maximum atomic E-state index is 13.8. The van der Waals surface area contributed by atoms with Gasteiger partial charge in [0.2, 0.25) is 5.95 Å². The number of hydrogen-bond donors (Lipinski definition) is 1. The Labute approximate surface area is 127 Å². The summed E-state index contributed by atoms with van der Waals surface area (Å²) in [6.07, 6.45) is 1.65. The van der Waals surface area contributed by atoms with Gasteiger partial charge < -0.3 is 5.73 Å². The number of hydrogen-bond acceptors (Lipinski definition) is 4. The molecule has 1 aliphatic carbocycles. The highest BCUT2D eigenvalue weighted by atomic mass is 19.1. The summed E-state index contributed by atoms with van der Waals surface area (Å²) in [6.45, 7) is 0. The zero-order chi connectivity index (χ0) is 15.2. The lowest BCUT2D eigenvalue weighted by Gasteiger charge is -2.43. The van der Waals surface area contributed by atoms with Crippen LogP contribution in [0.4, 0.5) is 10.3 Å². The smallest absolute Gasteiger partial charge is 0.220 e. The highest BCUT2D eigenvalue weighted by Gasteiger charge is 2.50. The molecular weight excluding hydrogens is 279 g/mol. The molecule has 0 saturated heterocycles. The minimum atomic E-state index is -0.836. The lowest BCUT2D eigenvalue weighted by atomic mass is 9.62. The number of pyridine rings is 1. The van der Waals surface area contributed by atoms with Crippen LogP contribution in [0.5, 0.6) is 0 Å². The van der Waals surface area contributed by atoms with Gasteiger partial charge >= 0.3 is 0 Å². The number of para-hydroxylation sites is 1. The van der Waals surface area contributed by atoms with E-state index >= 15 is 0 Å². The first-order valence-electron chi connectivity index (χ1n) is 7.27. The van der Waals surface area contributed by atoms with Crippen molar-refractivity contribution in [1.82, 2.24) is 15.0 Å². The Balaban J connectivity index is 1.99. The maximum absolute atomic E-state index is 13.8. The van der Waals surface area contributed by atoms with E-state index in [-0.39, 0.29) is 5.95 Å². The fourth-order valence-electron chi connectivity index (χ4n) is 3.33. The maximum Gasteiger partial charge on any atom is 0.220 e. The van der Waals surface area contributed by atoms with Gasteiger partial charge in [0.15, 0.2) is 0 Å². The van der Waals surface area contributed by atoms with Crippen LogP contribution in [0.3, 0.4) is 0 Å². The molecule has 1 aromatic carbocycles. The monoisotopic (exact) mass is 294 g/mol. The second-order valence-corrected chi connectivity index (χ2v) is 5.75. The van der Waals surface area contributed by atoms with Gasteiger partial charge in [0, 0.05) is 11.6 Å². The molecule has 1 fully saturated rings. The number of nitrogens with zero attached hydrogens (tertiary/aromatic N) is 3. The molecule has 5 heteroatoms. The summed E-state index contributed by atoms with van der Waals surface area (Å²) in [5.41, 5.74) is 7.76. The van der Waals surface area contributed by atoms with Gasteiger partial charge in [0.1, 0.15) is 6.17 Å². The predicted molar refractivity (Wildman–Crippen MR) is 83.1 cm³/mol. The lowest BCUT2D eigenvalue weighted by molar-refractivity contribution is 0.118. The minimum absolute atomic E-state index is 0.214. The van der Waals surface area contributed by atoms with E-state index in [0.29, 0.717) is 12.8 Å². The van der Waals surface area contributed by atoms with Gasteiger partial charge in [-0.2, -0.15) is 0 Å². The number of nitrogens with two attached hydrogens (primary N) is 1. The standard InChI is InChI=1S/C17H15FN4/c18-11-9-17(10-11,14-7-3-4-8-20-14)15-12-5-1-2-6-13(12)21-16(19)22-15/h1-8,11H,9-10H2,(H2,19,21,22).